The summed E-state index contributed by atoms with van der Waals surface area (Å²) < 4.78 is 5.28. The molecule has 0 saturated heterocycles. The Balaban J connectivity index is 2.43. The summed E-state index contributed by atoms with van der Waals surface area (Å²) in [5, 5.41) is 5.22. The zero-order chi connectivity index (χ0) is 15.7. The standard InChI is InChI=1S/C15H20N2O4/c1-3-8-16-15(20)11(2)17-14(19)10-21-13-7-5-4-6-12(13)9-18/h4-7,9,11H,3,8,10H2,1-2H3,(H,16,20)(H,17,19). The number of aldehydes is 1. The first-order valence-corrected chi connectivity index (χ1v) is 6.82. The molecule has 114 valence electrons. The van der Waals surface area contributed by atoms with Crippen LogP contribution >= 0.6 is 0 Å². The van der Waals surface area contributed by atoms with E-state index in [1.807, 2.05) is 6.92 Å². The van der Waals surface area contributed by atoms with Crippen molar-refractivity contribution >= 4 is 18.1 Å². The molecule has 1 unspecified atom stereocenters. The number of carbonyl (C=O) groups excluding carboxylic acids is 3. The van der Waals surface area contributed by atoms with E-state index in [0.29, 0.717) is 24.1 Å². The van der Waals surface area contributed by atoms with Gasteiger partial charge in [-0.15, -0.1) is 0 Å². The van der Waals surface area contributed by atoms with Gasteiger partial charge in [-0.05, 0) is 25.5 Å². The molecular formula is C15H20N2O4. The van der Waals surface area contributed by atoms with Crippen molar-refractivity contribution in [3.8, 4) is 5.75 Å². The first kappa shape index (κ1) is 16.7. The zero-order valence-corrected chi connectivity index (χ0v) is 12.2. The highest BCUT2D eigenvalue weighted by atomic mass is 16.5. The molecule has 0 aliphatic rings. The van der Waals surface area contributed by atoms with E-state index in [4.69, 9.17) is 4.74 Å². The van der Waals surface area contributed by atoms with E-state index in [0.717, 1.165) is 6.42 Å². The highest BCUT2D eigenvalue weighted by Gasteiger charge is 2.15. The van der Waals surface area contributed by atoms with Crippen molar-refractivity contribution in [2.45, 2.75) is 26.3 Å². The van der Waals surface area contributed by atoms with Gasteiger partial charge in [-0.25, -0.2) is 0 Å². The number of nitrogens with one attached hydrogen (secondary N) is 2. The van der Waals surface area contributed by atoms with Gasteiger partial charge in [0.05, 0.1) is 5.56 Å². The number of hydrogen-bond donors (Lipinski definition) is 2. The lowest BCUT2D eigenvalue weighted by Crippen LogP contribution is -2.46. The van der Waals surface area contributed by atoms with E-state index < -0.39 is 11.9 Å². The fraction of sp³-hybridized carbons (Fsp3) is 0.400. The van der Waals surface area contributed by atoms with Crippen molar-refractivity contribution in [3.05, 3.63) is 29.8 Å². The first-order chi connectivity index (χ1) is 10.1. The second-order valence-electron chi connectivity index (χ2n) is 4.52. The number of carbonyl (C=O) groups is 3. The van der Waals surface area contributed by atoms with Crippen LogP contribution in [-0.4, -0.2) is 37.3 Å². The van der Waals surface area contributed by atoms with Crippen molar-refractivity contribution in [1.82, 2.24) is 10.6 Å². The van der Waals surface area contributed by atoms with Gasteiger partial charge in [0.2, 0.25) is 5.91 Å². The van der Waals surface area contributed by atoms with E-state index in [1.165, 1.54) is 0 Å². The number of amides is 2. The molecule has 1 aromatic rings. The van der Waals surface area contributed by atoms with Gasteiger partial charge in [0.15, 0.2) is 12.9 Å². The molecule has 2 amide bonds. The largest absolute Gasteiger partial charge is 0.483 e. The highest BCUT2D eigenvalue weighted by Crippen LogP contribution is 2.15. The lowest BCUT2D eigenvalue weighted by Gasteiger charge is -2.14. The van der Waals surface area contributed by atoms with Crippen LogP contribution in [0.5, 0.6) is 5.75 Å². The van der Waals surface area contributed by atoms with Crippen molar-refractivity contribution in [3.63, 3.8) is 0 Å². The average molecular weight is 292 g/mol. The Hall–Kier alpha value is -2.37. The summed E-state index contributed by atoms with van der Waals surface area (Å²) in [7, 11) is 0. The molecule has 0 aliphatic heterocycles. The van der Waals surface area contributed by atoms with Crippen LogP contribution < -0.4 is 15.4 Å². The molecule has 0 heterocycles. The Bertz CT molecular complexity index is 502. The van der Waals surface area contributed by atoms with Crippen LogP contribution in [0, 0.1) is 0 Å². The fourth-order valence-electron chi connectivity index (χ4n) is 1.60. The number of para-hydroxylation sites is 1. The maximum Gasteiger partial charge on any atom is 0.258 e. The molecule has 1 rings (SSSR count). The van der Waals surface area contributed by atoms with Crippen molar-refractivity contribution in [1.29, 1.82) is 0 Å². The molecule has 0 bridgehead atoms. The minimum atomic E-state index is -0.631. The van der Waals surface area contributed by atoms with E-state index in [-0.39, 0.29) is 12.5 Å². The predicted molar refractivity (Wildman–Crippen MR) is 78.2 cm³/mol. The second-order valence-corrected chi connectivity index (χ2v) is 4.52. The van der Waals surface area contributed by atoms with Gasteiger partial charge in [-0.2, -0.15) is 0 Å². The van der Waals surface area contributed by atoms with E-state index >= 15 is 0 Å². The third kappa shape index (κ3) is 5.64. The molecule has 2 N–H and O–H groups in total. The van der Waals surface area contributed by atoms with Crippen LogP contribution in [0.15, 0.2) is 24.3 Å². The summed E-state index contributed by atoms with van der Waals surface area (Å²) in [5.41, 5.74) is 0.374. The van der Waals surface area contributed by atoms with E-state index in [2.05, 4.69) is 10.6 Å². The quantitative estimate of drug-likeness (QED) is 0.697. The molecule has 0 fully saturated rings. The lowest BCUT2D eigenvalue weighted by molar-refractivity contribution is -0.129. The van der Waals surface area contributed by atoms with Crippen molar-refractivity contribution in [2.75, 3.05) is 13.2 Å². The minimum Gasteiger partial charge on any atom is -0.483 e. The van der Waals surface area contributed by atoms with Crippen LogP contribution in [-0.2, 0) is 9.59 Å². The third-order valence-corrected chi connectivity index (χ3v) is 2.72. The van der Waals surface area contributed by atoms with Gasteiger partial charge in [0.25, 0.3) is 5.91 Å². The number of ether oxygens (including phenoxy) is 1. The van der Waals surface area contributed by atoms with Gasteiger partial charge in [0.1, 0.15) is 11.8 Å². The van der Waals surface area contributed by atoms with Gasteiger partial charge in [-0.1, -0.05) is 19.1 Å². The maximum atomic E-state index is 11.7. The number of hydrogen-bond acceptors (Lipinski definition) is 4. The van der Waals surface area contributed by atoms with E-state index in [1.54, 1.807) is 31.2 Å². The first-order valence-electron chi connectivity index (χ1n) is 6.82. The Kier molecular flexibility index (Phi) is 6.94. The monoisotopic (exact) mass is 292 g/mol. The fourth-order valence-corrected chi connectivity index (χ4v) is 1.60. The topological polar surface area (TPSA) is 84.5 Å². The molecule has 1 aromatic carbocycles. The average Bonchev–Trinajstić information content (AvgIpc) is 2.50. The Morgan fingerprint density at radius 3 is 2.71 bits per heavy atom. The summed E-state index contributed by atoms with van der Waals surface area (Å²) in [6.45, 7) is 3.86. The Morgan fingerprint density at radius 1 is 1.33 bits per heavy atom. The summed E-state index contributed by atoms with van der Waals surface area (Å²) in [6, 6.07) is 5.99. The number of rotatable bonds is 8. The molecule has 0 radical (unpaired) electrons. The van der Waals surface area contributed by atoms with Crippen LogP contribution in [0.1, 0.15) is 30.6 Å². The number of benzene rings is 1. The summed E-state index contributed by atoms with van der Waals surface area (Å²) in [4.78, 5) is 34.1. The van der Waals surface area contributed by atoms with Gasteiger partial charge >= 0.3 is 0 Å². The van der Waals surface area contributed by atoms with Gasteiger partial charge < -0.3 is 15.4 Å². The molecule has 6 nitrogen and oxygen atoms in total. The van der Waals surface area contributed by atoms with Crippen LogP contribution in [0.25, 0.3) is 0 Å². The minimum absolute atomic E-state index is 0.238. The van der Waals surface area contributed by atoms with Crippen LogP contribution in [0.2, 0.25) is 0 Å². The lowest BCUT2D eigenvalue weighted by atomic mass is 10.2. The SMILES string of the molecule is CCCNC(=O)C(C)NC(=O)COc1ccccc1C=O. The van der Waals surface area contributed by atoms with Gasteiger partial charge in [0, 0.05) is 6.54 Å². The van der Waals surface area contributed by atoms with Crippen molar-refractivity contribution < 1.29 is 19.1 Å². The van der Waals surface area contributed by atoms with Gasteiger partial charge in [-0.3, -0.25) is 14.4 Å². The van der Waals surface area contributed by atoms with E-state index in [9.17, 15) is 14.4 Å². The summed E-state index contributed by atoms with van der Waals surface area (Å²) in [5.74, 6) is -0.320. The second kappa shape index (κ2) is 8.73. The molecule has 6 heteroatoms. The zero-order valence-electron chi connectivity index (χ0n) is 12.2. The molecular weight excluding hydrogens is 272 g/mol. The van der Waals surface area contributed by atoms with Crippen molar-refractivity contribution in [2.24, 2.45) is 0 Å². The summed E-state index contributed by atoms with van der Waals surface area (Å²) >= 11 is 0. The molecule has 0 spiro atoms. The predicted octanol–water partition coefficient (Wildman–Crippen LogP) is 0.909. The molecule has 0 aliphatic carbocycles. The molecule has 0 aromatic heterocycles. The van der Waals surface area contributed by atoms with Crippen LogP contribution in [0.4, 0.5) is 0 Å². The normalized spacial score (nSPS) is 11.3. The Labute approximate surface area is 123 Å². The summed E-state index contributed by atoms with van der Waals surface area (Å²) in [6.07, 6.45) is 1.49. The Morgan fingerprint density at radius 2 is 2.05 bits per heavy atom. The molecule has 0 saturated carbocycles. The smallest absolute Gasteiger partial charge is 0.258 e. The molecule has 21 heavy (non-hydrogen) atoms. The van der Waals surface area contributed by atoms with Crippen LogP contribution in [0.3, 0.4) is 0 Å². The third-order valence-electron chi connectivity index (χ3n) is 2.72. The molecule has 1 atom stereocenters. The highest BCUT2D eigenvalue weighted by molar-refractivity contribution is 5.88. The maximum absolute atomic E-state index is 11.7.